The topological polar surface area (TPSA) is 38.1 Å². The van der Waals surface area contributed by atoms with E-state index in [-0.39, 0.29) is 5.69 Å². The molecule has 0 unspecified atom stereocenters. The van der Waals surface area contributed by atoms with Crippen LogP contribution in [0.2, 0.25) is 5.15 Å². The summed E-state index contributed by atoms with van der Waals surface area (Å²) in [5, 5.41) is 0.300. The van der Waals surface area contributed by atoms with Crippen LogP contribution in [0, 0.1) is 0 Å². The predicted octanol–water partition coefficient (Wildman–Crippen LogP) is 0.879. The first kappa shape index (κ1) is 8.29. The number of rotatable bonds is 1. The van der Waals surface area contributed by atoms with Gasteiger partial charge >= 0.3 is 5.69 Å². The summed E-state index contributed by atoms with van der Waals surface area (Å²) in [5.41, 5.74) is -0.226. The summed E-state index contributed by atoms with van der Waals surface area (Å²) in [6.45, 7) is 1.66. The lowest BCUT2D eigenvalue weighted by Gasteiger charge is -2.16. The molecule has 2 heterocycles. The largest absolute Gasteiger partial charge is 0.353 e. The molecule has 1 aliphatic heterocycles. The minimum atomic E-state index is -0.226. The Labute approximate surface area is 86.1 Å². The van der Waals surface area contributed by atoms with E-state index in [4.69, 9.17) is 11.6 Å². The molecule has 1 aromatic rings. The van der Waals surface area contributed by atoms with Crippen molar-refractivity contribution in [3.05, 3.63) is 21.7 Å². The van der Waals surface area contributed by atoms with Gasteiger partial charge in [0.1, 0.15) is 11.0 Å². The Balaban J connectivity index is 2.13. The first-order chi connectivity index (χ1) is 6.75. The van der Waals surface area contributed by atoms with Gasteiger partial charge in [0.25, 0.3) is 0 Å². The van der Waals surface area contributed by atoms with E-state index in [0.29, 0.717) is 11.2 Å². The Morgan fingerprint density at radius 2 is 2.21 bits per heavy atom. The quantitative estimate of drug-likeness (QED) is 0.648. The van der Waals surface area contributed by atoms with E-state index < -0.39 is 0 Å². The van der Waals surface area contributed by atoms with Gasteiger partial charge in [-0.05, 0) is 12.8 Å². The average Bonchev–Trinajstić information content (AvgIpc) is 2.87. The highest BCUT2D eigenvalue weighted by atomic mass is 35.5. The zero-order valence-electron chi connectivity index (χ0n) is 7.61. The van der Waals surface area contributed by atoms with Crippen molar-refractivity contribution in [1.29, 1.82) is 0 Å². The van der Waals surface area contributed by atoms with E-state index in [1.54, 1.807) is 10.6 Å². The normalized spacial score (nSPS) is 19.9. The van der Waals surface area contributed by atoms with Gasteiger partial charge < -0.3 is 4.90 Å². The number of aromatic nitrogens is 2. The van der Waals surface area contributed by atoms with Crippen LogP contribution in [0.1, 0.15) is 12.8 Å². The van der Waals surface area contributed by atoms with Gasteiger partial charge in [-0.25, -0.2) is 4.79 Å². The maximum Gasteiger partial charge on any atom is 0.350 e. The van der Waals surface area contributed by atoms with Gasteiger partial charge in [-0.2, -0.15) is 4.98 Å². The molecule has 1 aliphatic carbocycles. The Hall–Kier alpha value is -1.03. The molecule has 74 valence electrons. The molecule has 4 nitrogen and oxygen atoms in total. The molecule has 14 heavy (non-hydrogen) atoms. The Morgan fingerprint density at radius 3 is 2.93 bits per heavy atom. The van der Waals surface area contributed by atoms with Crippen molar-refractivity contribution in [2.45, 2.75) is 25.4 Å². The van der Waals surface area contributed by atoms with Crippen LogP contribution in [-0.4, -0.2) is 22.1 Å². The molecule has 0 saturated heterocycles. The fourth-order valence-corrected chi connectivity index (χ4v) is 2.16. The summed E-state index contributed by atoms with van der Waals surface area (Å²) < 4.78 is 1.70. The zero-order valence-corrected chi connectivity index (χ0v) is 8.37. The molecule has 0 aromatic carbocycles. The molecule has 5 heteroatoms. The van der Waals surface area contributed by atoms with Crippen molar-refractivity contribution in [3.8, 4) is 0 Å². The van der Waals surface area contributed by atoms with Crippen molar-refractivity contribution in [2.75, 3.05) is 11.4 Å². The highest BCUT2D eigenvalue weighted by Crippen LogP contribution is 2.34. The van der Waals surface area contributed by atoms with E-state index in [2.05, 4.69) is 9.88 Å². The van der Waals surface area contributed by atoms with Gasteiger partial charge in [-0.15, -0.1) is 0 Å². The molecule has 1 saturated carbocycles. The number of fused-ring (bicyclic) bond motifs is 1. The standard InChI is InChI=1S/C9H10ClN3O/c10-7-5-8-12(6-1-2-6)3-4-13(8)9(14)11-7/h5-6H,1-4H2. The fraction of sp³-hybridized carbons (Fsp3) is 0.556. The maximum atomic E-state index is 11.5. The fourth-order valence-electron chi connectivity index (χ4n) is 1.99. The first-order valence-electron chi connectivity index (χ1n) is 4.80. The third-order valence-corrected chi connectivity index (χ3v) is 3.00. The molecule has 3 rings (SSSR count). The molecular weight excluding hydrogens is 202 g/mol. The highest BCUT2D eigenvalue weighted by Gasteiger charge is 2.34. The van der Waals surface area contributed by atoms with Crippen molar-refractivity contribution < 1.29 is 0 Å². The minimum Gasteiger partial charge on any atom is -0.353 e. The number of hydrogen-bond donors (Lipinski definition) is 0. The van der Waals surface area contributed by atoms with Crippen LogP contribution in [0.15, 0.2) is 10.9 Å². The molecular formula is C9H10ClN3O. The van der Waals surface area contributed by atoms with Crippen LogP contribution < -0.4 is 10.6 Å². The predicted molar refractivity (Wildman–Crippen MR) is 53.9 cm³/mol. The maximum absolute atomic E-state index is 11.5. The van der Waals surface area contributed by atoms with Crippen molar-refractivity contribution in [3.63, 3.8) is 0 Å². The van der Waals surface area contributed by atoms with Crippen LogP contribution in [-0.2, 0) is 6.54 Å². The number of anilines is 1. The third-order valence-electron chi connectivity index (χ3n) is 2.80. The Bertz CT molecular complexity index is 438. The van der Waals surface area contributed by atoms with Crippen LogP contribution in [0.25, 0.3) is 0 Å². The van der Waals surface area contributed by atoms with Crippen molar-refractivity contribution in [1.82, 2.24) is 9.55 Å². The lowest BCUT2D eigenvalue weighted by Crippen LogP contribution is -2.24. The van der Waals surface area contributed by atoms with Crippen LogP contribution in [0.4, 0.5) is 5.82 Å². The van der Waals surface area contributed by atoms with Gasteiger partial charge in [-0.3, -0.25) is 4.57 Å². The molecule has 0 N–H and O–H groups in total. The lowest BCUT2D eigenvalue weighted by molar-refractivity contribution is 0.729. The smallest absolute Gasteiger partial charge is 0.350 e. The minimum absolute atomic E-state index is 0.226. The van der Waals surface area contributed by atoms with E-state index in [1.165, 1.54) is 12.8 Å². The molecule has 2 aliphatic rings. The van der Waals surface area contributed by atoms with Gasteiger partial charge in [0.2, 0.25) is 0 Å². The average molecular weight is 212 g/mol. The number of nitrogens with zero attached hydrogens (tertiary/aromatic N) is 3. The third kappa shape index (κ3) is 1.14. The second kappa shape index (κ2) is 2.73. The molecule has 0 bridgehead atoms. The summed E-state index contributed by atoms with van der Waals surface area (Å²) in [4.78, 5) is 17.4. The molecule has 1 fully saturated rings. The summed E-state index contributed by atoms with van der Waals surface area (Å²) in [7, 11) is 0. The zero-order chi connectivity index (χ0) is 9.71. The summed E-state index contributed by atoms with van der Waals surface area (Å²) >= 11 is 5.77. The molecule has 0 atom stereocenters. The molecule has 0 radical (unpaired) electrons. The Kier molecular flexibility index (Phi) is 1.62. The van der Waals surface area contributed by atoms with Crippen LogP contribution in [0.3, 0.4) is 0 Å². The summed E-state index contributed by atoms with van der Waals surface area (Å²) in [6.07, 6.45) is 2.46. The second-order valence-electron chi connectivity index (χ2n) is 3.80. The van der Waals surface area contributed by atoms with Gasteiger partial charge in [0, 0.05) is 25.2 Å². The van der Waals surface area contributed by atoms with Gasteiger partial charge in [0.05, 0.1) is 0 Å². The van der Waals surface area contributed by atoms with E-state index in [0.717, 1.165) is 18.9 Å². The second-order valence-corrected chi connectivity index (χ2v) is 4.18. The summed E-state index contributed by atoms with van der Waals surface area (Å²) in [6, 6.07) is 2.41. The van der Waals surface area contributed by atoms with Gasteiger partial charge in [0.15, 0.2) is 0 Å². The number of halogens is 1. The molecule has 1 aromatic heterocycles. The lowest BCUT2D eigenvalue weighted by atomic mass is 10.5. The van der Waals surface area contributed by atoms with Crippen molar-refractivity contribution >= 4 is 17.4 Å². The SMILES string of the molecule is O=c1nc(Cl)cc2n1CCN2C1CC1. The van der Waals surface area contributed by atoms with Gasteiger partial charge in [-0.1, -0.05) is 11.6 Å². The van der Waals surface area contributed by atoms with E-state index in [9.17, 15) is 4.79 Å². The van der Waals surface area contributed by atoms with E-state index >= 15 is 0 Å². The summed E-state index contributed by atoms with van der Waals surface area (Å²) in [5.74, 6) is 0.942. The Morgan fingerprint density at radius 1 is 1.43 bits per heavy atom. The number of hydrogen-bond acceptors (Lipinski definition) is 3. The van der Waals surface area contributed by atoms with E-state index in [1.807, 2.05) is 0 Å². The highest BCUT2D eigenvalue weighted by molar-refractivity contribution is 6.29. The first-order valence-corrected chi connectivity index (χ1v) is 5.17. The molecule has 0 amide bonds. The van der Waals surface area contributed by atoms with Crippen LogP contribution in [0.5, 0.6) is 0 Å². The molecule has 0 spiro atoms. The van der Waals surface area contributed by atoms with Crippen LogP contribution >= 0.6 is 11.6 Å². The van der Waals surface area contributed by atoms with Crippen molar-refractivity contribution in [2.24, 2.45) is 0 Å². The monoisotopic (exact) mass is 211 g/mol.